The van der Waals surface area contributed by atoms with Crippen LogP contribution in [0.15, 0.2) is 0 Å². The van der Waals surface area contributed by atoms with Crippen LogP contribution in [-0.2, 0) is 0 Å². The summed E-state index contributed by atoms with van der Waals surface area (Å²) in [5, 5.41) is 9.02. The van der Waals surface area contributed by atoms with E-state index in [1.54, 1.807) is 0 Å². The molecule has 1 fully saturated rings. The van der Waals surface area contributed by atoms with E-state index >= 15 is 0 Å². The molecule has 0 N–H and O–H groups in total. The summed E-state index contributed by atoms with van der Waals surface area (Å²) >= 11 is 1.94. The van der Waals surface area contributed by atoms with E-state index in [9.17, 15) is 0 Å². The maximum Gasteiger partial charge on any atom is 0.112 e. The summed E-state index contributed by atoms with van der Waals surface area (Å²) in [6.45, 7) is 2.21. The summed E-state index contributed by atoms with van der Waals surface area (Å²) < 4.78 is 0.165. The highest BCUT2D eigenvalue weighted by molar-refractivity contribution is 8.00. The number of rotatable bonds is 2. The molecule has 2 atom stereocenters. The molecule has 68 valence electrons. The summed E-state index contributed by atoms with van der Waals surface area (Å²) in [5.74, 6) is 1.21. The summed E-state index contributed by atoms with van der Waals surface area (Å²) in [5.41, 5.74) is 0. The second kappa shape index (κ2) is 3.68. The average molecular weight is 184 g/mol. The summed E-state index contributed by atoms with van der Waals surface area (Å²) in [6, 6.07) is 2.45. The minimum Gasteiger partial charge on any atom is -0.293 e. The van der Waals surface area contributed by atoms with E-state index in [1.165, 1.54) is 18.6 Å². The third-order valence-electron chi connectivity index (χ3n) is 2.47. The SMILES string of the molecule is CN(C)C(C#N)C1(C)CCCS1. The van der Waals surface area contributed by atoms with E-state index in [2.05, 4.69) is 13.0 Å². The Hall–Kier alpha value is -0.200. The Morgan fingerprint density at radius 2 is 2.25 bits per heavy atom. The molecule has 1 aliphatic rings. The van der Waals surface area contributed by atoms with E-state index < -0.39 is 0 Å². The molecule has 0 amide bonds. The van der Waals surface area contributed by atoms with E-state index in [4.69, 9.17) is 5.26 Å². The molecule has 1 heterocycles. The lowest BCUT2D eigenvalue weighted by Gasteiger charge is -2.32. The van der Waals surface area contributed by atoms with Crippen LogP contribution in [0.3, 0.4) is 0 Å². The first-order valence-electron chi connectivity index (χ1n) is 4.30. The molecule has 0 saturated carbocycles. The second-order valence-corrected chi connectivity index (χ2v) is 5.39. The lowest BCUT2D eigenvalue weighted by molar-refractivity contribution is 0.292. The quantitative estimate of drug-likeness (QED) is 0.654. The Morgan fingerprint density at radius 1 is 1.58 bits per heavy atom. The molecule has 1 rings (SSSR count). The van der Waals surface area contributed by atoms with Gasteiger partial charge in [-0.25, -0.2) is 0 Å². The van der Waals surface area contributed by atoms with Crippen molar-refractivity contribution in [3.05, 3.63) is 0 Å². The predicted octanol–water partition coefficient (Wildman–Crippen LogP) is 1.73. The fourth-order valence-corrected chi connectivity index (χ4v) is 3.28. The first-order valence-corrected chi connectivity index (χ1v) is 5.29. The molecule has 2 unspecified atom stereocenters. The van der Waals surface area contributed by atoms with Crippen LogP contribution in [0.25, 0.3) is 0 Å². The molecular formula is C9H16N2S. The van der Waals surface area contributed by atoms with Crippen molar-refractivity contribution < 1.29 is 0 Å². The van der Waals surface area contributed by atoms with Gasteiger partial charge in [0, 0.05) is 4.75 Å². The van der Waals surface area contributed by atoms with Crippen molar-refractivity contribution >= 4 is 11.8 Å². The van der Waals surface area contributed by atoms with Crippen molar-refractivity contribution in [3.8, 4) is 6.07 Å². The highest BCUT2D eigenvalue weighted by atomic mass is 32.2. The molecule has 0 aliphatic carbocycles. The number of thioether (sulfide) groups is 1. The van der Waals surface area contributed by atoms with Gasteiger partial charge in [0.05, 0.1) is 6.07 Å². The van der Waals surface area contributed by atoms with E-state index in [-0.39, 0.29) is 10.8 Å². The van der Waals surface area contributed by atoms with Crippen LogP contribution in [-0.4, -0.2) is 35.5 Å². The lowest BCUT2D eigenvalue weighted by Crippen LogP contribution is -2.43. The number of hydrogen-bond donors (Lipinski definition) is 0. The zero-order chi connectivity index (χ0) is 9.19. The minimum absolute atomic E-state index is 0.0602. The molecule has 0 aromatic heterocycles. The molecule has 0 aromatic rings. The van der Waals surface area contributed by atoms with Crippen molar-refractivity contribution in [2.75, 3.05) is 19.8 Å². The van der Waals surface area contributed by atoms with Gasteiger partial charge in [-0.15, -0.1) is 0 Å². The maximum absolute atomic E-state index is 9.02. The van der Waals surface area contributed by atoms with Gasteiger partial charge in [0.2, 0.25) is 0 Å². The summed E-state index contributed by atoms with van der Waals surface area (Å²) in [4.78, 5) is 2.03. The Labute approximate surface area is 78.9 Å². The van der Waals surface area contributed by atoms with E-state index in [1.807, 2.05) is 30.8 Å². The van der Waals surface area contributed by atoms with Crippen molar-refractivity contribution in [2.45, 2.75) is 30.6 Å². The topological polar surface area (TPSA) is 27.0 Å². The largest absolute Gasteiger partial charge is 0.293 e. The second-order valence-electron chi connectivity index (χ2n) is 3.76. The van der Waals surface area contributed by atoms with Gasteiger partial charge in [-0.2, -0.15) is 17.0 Å². The summed E-state index contributed by atoms with van der Waals surface area (Å²) in [6.07, 6.45) is 2.43. The van der Waals surface area contributed by atoms with Gasteiger partial charge >= 0.3 is 0 Å². The van der Waals surface area contributed by atoms with Crippen molar-refractivity contribution in [2.24, 2.45) is 0 Å². The van der Waals surface area contributed by atoms with Gasteiger partial charge < -0.3 is 0 Å². The van der Waals surface area contributed by atoms with Gasteiger partial charge in [0.15, 0.2) is 0 Å². The summed E-state index contributed by atoms with van der Waals surface area (Å²) in [7, 11) is 3.97. The van der Waals surface area contributed by atoms with Crippen LogP contribution >= 0.6 is 11.8 Å². The van der Waals surface area contributed by atoms with Crippen LogP contribution in [0.5, 0.6) is 0 Å². The first kappa shape index (κ1) is 9.88. The molecule has 0 spiro atoms. The Morgan fingerprint density at radius 3 is 2.58 bits per heavy atom. The lowest BCUT2D eigenvalue weighted by atomic mass is 9.96. The first-order chi connectivity index (χ1) is 5.60. The molecule has 2 nitrogen and oxygen atoms in total. The van der Waals surface area contributed by atoms with Gasteiger partial charge in [-0.05, 0) is 39.6 Å². The third kappa shape index (κ3) is 1.75. The monoisotopic (exact) mass is 184 g/mol. The fraction of sp³-hybridized carbons (Fsp3) is 0.889. The Balaban J connectivity index is 2.71. The Kier molecular flexibility index (Phi) is 3.03. The normalized spacial score (nSPS) is 31.9. The zero-order valence-electron chi connectivity index (χ0n) is 8.00. The third-order valence-corrected chi connectivity index (χ3v) is 4.05. The van der Waals surface area contributed by atoms with Crippen LogP contribution in [0, 0.1) is 11.3 Å². The highest BCUT2D eigenvalue weighted by Crippen LogP contribution is 2.41. The number of nitriles is 1. The molecule has 1 saturated heterocycles. The van der Waals surface area contributed by atoms with Crippen molar-refractivity contribution in [1.29, 1.82) is 5.26 Å². The molecule has 0 bridgehead atoms. The van der Waals surface area contributed by atoms with Gasteiger partial charge in [-0.1, -0.05) is 0 Å². The number of nitrogens with zero attached hydrogens (tertiary/aromatic N) is 2. The Bertz CT molecular complexity index is 189. The molecule has 0 aromatic carbocycles. The highest BCUT2D eigenvalue weighted by Gasteiger charge is 2.39. The number of hydrogen-bond acceptors (Lipinski definition) is 3. The van der Waals surface area contributed by atoms with Gasteiger partial charge in [-0.3, -0.25) is 4.90 Å². The molecule has 3 heteroatoms. The minimum atomic E-state index is 0.0602. The van der Waals surface area contributed by atoms with Crippen LogP contribution in [0.1, 0.15) is 19.8 Å². The average Bonchev–Trinajstić information content (AvgIpc) is 2.37. The van der Waals surface area contributed by atoms with Gasteiger partial charge in [0.25, 0.3) is 0 Å². The fourth-order valence-electron chi connectivity index (χ4n) is 1.81. The zero-order valence-corrected chi connectivity index (χ0v) is 8.82. The maximum atomic E-state index is 9.02. The molecular weight excluding hydrogens is 168 g/mol. The van der Waals surface area contributed by atoms with E-state index in [0.29, 0.717) is 0 Å². The van der Waals surface area contributed by atoms with Crippen molar-refractivity contribution in [1.82, 2.24) is 4.90 Å². The molecule has 12 heavy (non-hydrogen) atoms. The van der Waals surface area contributed by atoms with Crippen LogP contribution in [0.2, 0.25) is 0 Å². The standard InChI is InChI=1S/C9H16N2S/c1-9(5-4-6-12-9)8(7-10)11(2)3/h8H,4-6H2,1-3H3. The molecule has 1 aliphatic heterocycles. The predicted molar refractivity (Wildman–Crippen MR) is 53.2 cm³/mol. The van der Waals surface area contributed by atoms with Crippen LogP contribution < -0.4 is 0 Å². The van der Waals surface area contributed by atoms with E-state index in [0.717, 1.165) is 0 Å². The van der Waals surface area contributed by atoms with Gasteiger partial charge in [0.1, 0.15) is 6.04 Å². The van der Waals surface area contributed by atoms with Crippen LogP contribution in [0.4, 0.5) is 0 Å². The molecule has 0 radical (unpaired) electrons. The smallest absolute Gasteiger partial charge is 0.112 e. The van der Waals surface area contributed by atoms with Crippen molar-refractivity contribution in [3.63, 3.8) is 0 Å².